The van der Waals surface area contributed by atoms with Crippen molar-refractivity contribution in [2.75, 3.05) is 0 Å². The van der Waals surface area contributed by atoms with Crippen molar-refractivity contribution in [3.63, 3.8) is 0 Å². The van der Waals surface area contributed by atoms with Crippen LogP contribution in [0.5, 0.6) is 0 Å². The number of rotatable bonds is 1. The van der Waals surface area contributed by atoms with Crippen molar-refractivity contribution in [3.05, 3.63) is 42.3 Å². The zero-order valence-electron chi connectivity index (χ0n) is 8.16. The molecule has 0 spiro atoms. The summed E-state index contributed by atoms with van der Waals surface area (Å²) in [6.45, 7) is 3.83. The van der Waals surface area contributed by atoms with Crippen LogP contribution in [0.15, 0.2) is 24.3 Å². The molecular weight excluding hydrogens is 170 g/mol. The highest BCUT2D eigenvalue weighted by atomic mass is 14.6. The maximum atomic E-state index is 5.93. The second kappa shape index (κ2) is 3.86. The molecule has 1 nitrogen and oxygen atoms in total. The fourth-order valence-electron chi connectivity index (χ4n) is 1.24. The van der Waals surface area contributed by atoms with Gasteiger partial charge in [-0.1, -0.05) is 36.1 Å². The van der Waals surface area contributed by atoms with Gasteiger partial charge >= 0.3 is 0 Å². The summed E-state index contributed by atoms with van der Waals surface area (Å²) < 4.78 is 0. The van der Waals surface area contributed by atoms with Gasteiger partial charge in [0.2, 0.25) is 0 Å². The predicted octanol–water partition coefficient (Wildman–Crippen LogP) is 2.28. The predicted molar refractivity (Wildman–Crippen MR) is 58.3 cm³/mol. The first-order valence-electron chi connectivity index (χ1n) is 4.94. The van der Waals surface area contributed by atoms with E-state index >= 15 is 0 Å². The molecule has 1 fully saturated rings. The summed E-state index contributed by atoms with van der Waals surface area (Å²) in [5.74, 6) is 6.89. The standard InChI is InChI=1S/C13H14N/c1-10-2-7-12(8-3-10)13(14)9-6-11-4-5-11/h2-3,7-8,11,13H,1,4-5,14H2. The number of hydrogen-bond donors (Lipinski definition) is 1. The second-order valence-corrected chi connectivity index (χ2v) is 3.78. The van der Waals surface area contributed by atoms with Crippen molar-refractivity contribution in [1.82, 2.24) is 0 Å². The topological polar surface area (TPSA) is 26.0 Å². The van der Waals surface area contributed by atoms with Crippen LogP contribution >= 0.6 is 0 Å². The molecule has 1 aromatic carbocycles. The fraction of sp³-hybridized carbons (Fsp3) is 0.308. The Bertz CT molecular complexity index is 362. The zero-order chi connectivity index (χ0) is 9.97. The van der Waals surface area contributed by atoms with Crippen LogP contribution in [-0.2, 0) is 0 Å². The van der Waals surface area contributed by atoms with E-state index in [4.69, 9.17) is 5.73 Å². The summed E-state index contributed by atoms with van der Waals surface area (Å²) >= 11 is 0. The van der Waals surface area contributed by atoms with E-state index in [9.17, 15) is 0 Å². The first-order valence-corrected chi connectivity index (χ1v) is 4.94. The summed E-state index contributed by atoms with van der Waals surface area (Å²) in [6, 6.07) is 7.78. The van der Waals surface area contributed by atoms with Crippen LogP contribution in [0, 0.1) is 24.7 Å². The molecular formula is C13H14N. The van der Waals surface area contributed by atoms with Crippen LogP contribution in [0.25, 0.3) is 0 Å². The smallest absolute Gasteiger partial charge is 0.0921 e. The second-order valence-electron chi connectivity index (χ2n) is 3.78. The number of nitrogens with two attached hydrogens (primary N) is 1. The van der Waals surface area contributed by atoms with E-state index < -0.39 is 0 Å². The Kier molecular flexibility index (Phi) is 2.56. The lowest BCUT2D eigenvalue weighted by Crippen LogP contribution is -2.07. The van der Waals surface area contributed by atoms with Gasteiger partial charge in [-0.05, 0) is 30.9 Å². The van der Waals surface area contributed by atoms with Crippen molar-refractivity contribution in [3.8, 4) is 11.8 Å². The van der Waals surface area contributed by atoms with Crippen LogP contribution < -0.4 is 5.73 Å². The molecule has 0 aliphatic heterocycles. The summed E-state index contributed by atoms with van der Waals surface area (Å²) in [5, 5.41) is 0. The van der Waals surface area contributed by atoms with Gasteiger partial charge in [-0.25, -0.2) is 0 Å². The van der Waals surface area contributed by atoms with E-state index in [1.807, 2.05) is 24.3 Å². The molecule has 0 aromatic heterocycles. The lowest BCUT2D eigenvalue weighted by atomic mass is 10.1. The van der Waals surface area contributed by atoms with E-state index in [0.29, 0.717) is 5.92 Å². The number of benzene rings is 1. The summed E-state index contributed by atoms with van der Waals surface area (Å²) in [4.78, 5) is 0. The van der Waals surface area contributed by atoms with Crippen molar-refractivity contribution < 1.29 is 0 Å². The lowest BCUT2D eigenvalue weighted by Gasteiger charge is -2.04. The van der Waals surface area contributed by atoms with E-state index in [2.05, 4.69) is 18.8 Å². The highest BCUT2D eigenvalue weighted by Crippen LogP contribution is 2.27. The molecule has 1 atom stereocenters. The maximum absolute atomic E-state index is 5.93. The minimum atomic E-state index is -0.142. The number of hydrogen-bond acceptors (Lipinski definition) is 1. The quantitative estimate of drug-likeness (QED) is 0.666. The molecule has 71 valence electrons. The first-order chi connectivity index (χ1) is 6.75. The van der Waals surface area contributed by atoms with Gasteiger partial charge in [0.1, 0.15) is 0 Å². The van der Waals surface area contributed by atoms with Gasteiger partial charge in [0.25, 0.3) is 0 Å². The fourth-order valence-corrected chi connectivity index (χ4v) is 1.24. The van der Waals surface area contributed by atoms with Gasteiger partial charge in [-0.3, -0.25) is 0 Å². The maximum Gasteiger partial charge on any atom is 0.0921 e. The molecule has 2 rings (SSSR count). The van der Waals surface area contributed by atoms with E-state index in [1.165, 1.54) is 12.8 Å². The molecule has 1 heteroatoms. The first kappa shape index (κ1) is 9.30. The molecule has 1 aliphatic carbocycles. The molecule has 0 bridgehead atoms. The molecule has 14 heavy (non-hydrogen) atoms. The Labute approximate surface area is 85.3 Å². The Morgan fingerprint density at radius 2 is 1.93 bits per heavy atom. The lowest BCUT2D eigenvalue weighted by molar-refractivity contribution is 0.940. The Morgan fingerprint density at radius 1 is 1.29 bits per heavy atom. The monoisotopic (exact) mass is 184 g/mol. The summed E-state index contributed by atoms with van der Waals surface area (Å²) in [7, 11) is 0. The van der Waals surface area contributed by atoms with Gasteiger partial charge in [0, 0.05) is 5.92 Å². The minimum Gasteiger partial charge on any atom is -0.314 e. The molecule has 1 aliphatic rings. The summed E-state index contributed by atoms with van der Waals surface area (Å²) in [6.07, 6.45) is 2.50. The van der Waals surface area contributed by atoms with Crippen LogP contribution in [0.2, 0.25) is 0 Å². The van der Waals surface area contributed by atoms with Crippen molar-refractivity contribution in [2.24, 2.45) is 11.7 Å². The van der Waals surface area contributed by atoms with Gasteiger partial charge in [0.05, 0.1) is 6.04 Å². The van der Waals surface area contributed by atoms with Crippen molar-refractivity contribution >= 4 is 0 Å². The van der Waals surface area contributed by atoms with E-state index in [0.717, 1.165) is 11.1 Å². The highest BCUT2D eigenvalue weighted by Gasteiger charge is 2.18. The van der Waals surface area contributed by atoms with Crippen molar-refractivity contribution in [2.45, 2.75) is 18.9 Å². The minimum absolute atomic E-state index is 0.142. The van der Waals surface area contributed by atoms with Crippen LogP contribution in [0.4, 0.5) is 0 Å². The molecule has 1 saturated carbocycles. The van der Waals surface area contributed by atoms with E-state index in [1.54, 1.807) is 0 Å². The largest absolute Gasteiger partial charge is 0.314 e. The molecule has 1 radical (unpaired) electrons. The van der Waals surface area contributed by atoms with Crippen molar-refractivity contribution in [1.29, 1.82) is 0 Å². The van der Waals surface area contributed by atoms with Gasteiger partial charge in [0.15, 0.2) is 0 Å². The highest BCUT2D eigenvalue weighted by molar-refractivity contribution is 5.31. The average molecular weight is 184 g/mol. The molecule has 0 amide bonds. The third kappa shape index (κ3) is 2.37. The van der Waals surface area contributed by atoms with Gasteiger partial charge < -0.3 is 5.73 Å². The molecule has 2 N–H and O–H groups in total. The Hall–Kier alpha value is -1.26. The molecule has 0 saturated heterocycles. The van der Waals surface area contributed by atoms with Crippen LogP contribution in [-0.4, -0.2) is 0 Å². The van der Waals surface area contributed by atoms with E-state index in [-0.39, 0.29) is 6.04 Å². The summed E-state index contributed by atoms with van der Waals surface area (Å²) in [5.41, 5.74) is 8.01. The SMILES string of the molecule is [CH2]c1ccc(C(N)C#CC2CC2)cc1. The Balaban J connectivity index is 2.07. The molecule has 0 heterocycles. The van der Waals surface area contributed by atoms with Gasteiger partial charge in [-0.2, -0.15) is 0 Å². The normalized spacial score (nSPS) is 17.0. The third-order valence-corrected chi connectivity index (χ3v) is 2.36. The van der Waals surface area contributed by atoms with Crippen LogP contribution in [0.1, 0.15) is 30.0 Å². The van der Waals surface area contributed by atoms with Gasteiger partial charge in [-0.15, -0.1) is 0 Å². The molecule has 1 unspecified atom stereocenters. The average Bonchev–Trinajstić information content (AvgIpc) is 2.99. The molecule has 1 aromatic rings. The van der Waals surface area contributed by atoms with Crippen LogP contribution in [0.3, 0.4) is 0 Å². The Morgan fingerprint density at radius 3 is 2.50 bits per heavy atom. The third-order valence-electron chi connectivity index (χ3n) is 2.36. The zero-order valence-corrected chi connectivity index (χ0v) is 8.16.